The third kappa shape index (κ3) is 13.1. The first-order chi connectivity index (χ1) is 30.0. The predicted molar refractivity (Wildman–Crippen MR) is 235 cm³/mol. The molecule has 4 rings (SSSR count). The molecule has 13 atom stereocenters. The lowest BCUT2D eigenvalue weighted by atomic mass is 9.74. The van der Waals surface area contributed by atoms with Gasteiger partial charge in [0.25, 0.3) is 0 Å². The number of aliphatic hydroxyl groups is 2. The highest BCUT2D eigenvalue weighted by atomic mass is 16.7. The highest BCUT2D eigenvalue weighted by Crippen LogP contribution is 2.38. The topological polar surface area (TPSA) is 231 Å². The average molecular weight is 900 g/mol. The minimum absolute atomic E-state index is 0.0468. The molecule has 2 N–H and O–H groups in total. The molecule has 0 spiro atoms. The van der Waals surface area contributed by atoms with E-state index < -0.39 is 89.2 Å². The van der Waals surface area contributed by atoms with Crippen molar-refractivity contribution in [1.29, 1.82) is 0 Å². The average Bonchev–Trinajstić information content (AvgIpc) is 3.77. The van der Waals surface area contributed by atoms with Crippen molar-refractivity contribution in [2.45, 2.75) is 163 Å². The number of carbonyl (C=O) groups excluding carboxylic acids is 4. The van der Waals surface area contributed by atoms with Crippen molar-refractivity contribution in [3.05, 3.63) is 36.3 Å². The number of carbonyl (C=O) groups is 4. The van der Waals surface area contributed by atoms with Crippen molar-refractivity contribution in [3.8, 4) is 11.3 Å². The molecule has 0 saturated carbocycles. The fourth-order valence-electron chi connectivity index (χ4n) is 8.85. The second kappa shape index (κ2) is 22.6. The van der Waals surface area contributed by atoms with Crippen LogP contribution >= 0.6 is 0 Å². The Balaban J connectivity index is 1.72. The Hall–Kier alpha value is -4.46. The van der Waals surface area contributed by atoms with E-state index in [1.54, 1.807) is 52.2 Å². The number of aliphatic imine (C=N–C) groups is 1. The summed E-state index contributed by atoms with van der Waals surface area (Å²) in [5.74, 6) is -6.06. The van der Waals surface area contributed by atoms with E-state index in [-0.39, 0.29) is 43.9 Å². The van der Waals surface area contributed by atoms with Gasteiger partial charge in [0.2, 0.25) is 5.91 Å². The number of Topliss-reactive ketones (excluding diaryl/α,β-unsaturated/α-hetero) is 1. The van der Waals surface area contributed by atoms with Crippen LogP contribution in [0.4, 0.5) is 0 Å². The maximum atomic E-state index is 14.4. The Morgan fingerprint density at radius 3 is 2.27 bits per heavy atom. The maximum Gasteiger partial charge on any atom is 0.316 e. The van der Waals surface area contributed by atoms with Crippen molar-refractivity contribution in [1.82, 2.24) is 15.0 Å². The van der Waals surface area contributed by atoms with Crippen LogP contribution in [0.5, 0.6) is 0 Å². The number of aromatic nitrogens is 2. The van der Waals surface area contributed by atoms with Gasteiger partial charge in [0.05, 0.1) is 54.2 Å². The number of hydrogen-bond donors (Lipinski definition) is 2. The van der Waals surface area contributed by atoms with E-state index in [1.165, 1.54) is 34.6 Å². The Labute approximate surface area is 376 Å². The number of amides is 1. The van der Waals surface area contributed by atoms with Gasteiger partial charge in [-0.05, 0) is 85.5 Å². The third-order valence-electron chi connectivity index (χ3n) is 12.2. The van der Waals surface area contributed by atoms with Crippen LogP contribution in [0.1, 0.15) is 108 Å². The van der Waals surface area contributed by atoms with Gasteiger partial charge in [0.15, 0.2) is 30.5 Å². The lowest BCUT2D eigenvalue weighted by Crippen LogP contribution is -2.60. The van der Waals surface area contributed by atoms with Gasteiger partial charge in [-0.25, -0.2) is 4.99 Å². The smallest absolute Gasteiger partial charge is 0.316 e. The number of ketones is 1. The number of ether oxygens (including phenoxy) is 5. The van der Waals surface area contributed by atoms with Gasteiger partial charge in [0, 0.05) is 49.2 Å². The molecule has 0 radical (unpaired) electrons. The zero-order valence-electron chi connectivity index (χ0n) is 39.6. The molecule has 2 aliphatic heterocycles. The Morgan fingerprint density at radius 2 is 1.70 bits per heavy atom. The van der Waals surface area contributed by atoms with E-state index in [9.17, 15) is 29.4 Å². The highest BCUT2D eigenvalue weighted by molar-refractivity contribution is 6.00. The van der Waals surface area contributed by atoms with Crippen LogP contribution in [-0.2, 0) is 54.3 Å². The summed E-state index contributed by atoms with van der Waals surface area (Å²) in [6.07, 6.45) is -2.14. The molecular weight excluding hydrogens is 831 g/mol. The number of rotatable bonds is 13. The summed E-state index contributed by atoms with van der Waals surface area (Å²) in [5, 5.41) is 33.1. The van der Waals surface area contributed by atoms with E-state index in [4.69, 9.17) is 33.0 Å². The van der Waals surface area contributed by atoms with Crippen LogP contribution in [0.3, 0.4) is 0 Å². The van der Waals surface area contributed by atoms with Gasteiger partial charge in [-0.2, -0.15) is 0 Å². The molecule has 0 bridgehead atoms. The number of likely N-dealkylation sites (N-methyl/N-ethyl adjacent to an activating group) is 1. The monoisotopic (exact) mass is 899 g/mol. The zero-order chi connectivity index (χ0) is 47.7. The number of pyridine rings is 1. The fraction of sp³-hybridized carbons (Fsp3) is 0.696. The van der Waals surface area contributed by atoms with Crippen molar-refractivity contribution in [2.75, 3.05) is 20.7 Å². The Bertz CT molecular complexity index is 1930. The molecule has 2 aliphatic rings. The highest BCUT2D eigenvalue weighted by Gasteiger charge is 2.52. The maximum absolute atomic E-state index is 14.4. The molecule has 2 saturated heterocycles. The molecule has 1 amide bonds. The Kier molecular flexibility index (Phi) is 18.4. The first-order valence-corrected chi connectivity index (χ1v) is 22.1. The second-order valence-electron chi connectivity index (χ2n) is 17.9. The molecule has 0 aromatic carbocycles. The van der Waals surface area contributed by atoms with Gasteiger partial charge in [-0.1, -0.05) is 44.9 Å². The fourth-order valence-corrected chi connectivity index (χ4v) is 8.85. The molecule has 0 aliphatic carbocycles. The van der Waals surface area contributed by atoms with E-state index in [1.807, 2.05) is 38.9 Å². The van der Waals surface area contributed by atoms with E-state index in [2.05, 4.69) is 20.3 Å². The SMILES string of the molecule is CCC(CO[C@@H]1[C@@H](C)C(=NC(C)=O)[C@H](C)C[C@@](C)(O)[C@H](O[C@@H]2O[C@H](C)C[C@H](N(C)C)[C@H]2OC(C)=O)[C@@H](C)C(=O)[C@@H](C)C(=O)O[C@H](CC)[C@@]1(C)O)=NOCc1ccc(-c2ccno2)cn1. The second-order valence-corrected chi connectivity index (χ2v) is 17.9. The van der Waals surface area contributed by atoms with Crippen molar-refractivity contribution < 1.29 is 62.4 Å². The molecular formula is C46H69N5O13. The van der Waals surface area contributed by atoms with Crippen LogP contribution < -0.4 is 0 Å². The van der Waals surface area contributed by atoms with E-state index in [0.29, 0.717) is 30.0 Å². The molecule has 2 fully saturated rings. The quantitative estimate of drug-likeness (QED) is 0.115. The molecule has 2 aromatic heterocycles. The number of hydrogen-bond acceptors (Lipinski definition) is 17. The third-order valence-corrected chi connectivity index (χ3v) is 12.2. The van der Waals surface area contributed by atoms with Gasteiger partial charge >= 0.3 is 11.9 Å². The first-order valence-electron chi connectivity index (χ1n) is 22.1. The summed E-state index contributed by atoms with van der Waals surface area (Å²) in [6, 6.07) is 4.99. The van der Waals surface area contributed by atoms with Crippen molar-refractivity contribution in [3.63, 3.8) is 0 Å². The van der Waals surface area contributed by atoms with Crippen molar-refractivity contribution in [2.24, 2.45) is 33.8 Å². The van der Waals surface area contributed by atoms with Crippen LogP contribution in [0, 0.1) is 23.7 Å². The van der Waals surface area contributed by atoms with Crippen molar-refractivity contribution >= 4 is 35.1 Å². The number of cyclic esters (lactones) is 1. The van der Waals surface area contributed by atoms with Gasteiger partial charge in [-0.15, -0.1) is 0 Å². The normalized spacial score (nSPS) is 34.3. The van der Waals surface area contributed by atoms with Crippen LogP contribution in [0.15, 0.2) is 45.3 Å². The lowest BCUT2D eigenvalue weighted by Gasteiger charge is -2.47. The zero-order valence-corrected chi connectivity index (χ0v) is 39.6. The summed E-state index contributed by atoms with van der Waals surface area (Å²) in [4.78, 5) is 70.0. The van der Waals surface area contributed by atoms with Crippen LogP contribution in [-0.4, -0.2) is 135 Å². The van der Waals surface area contributed by atoms with E-state index in [0.717, 1.165) is 5.56 Å². The van der Waals surface area contributed by atoms with Gasteiger partial charge < -0.3 is 48.2 Å². The van der Waals surface area contributed by atoms with Gasteiger partial charge in [0.1, 0.15) is 17.6 Å². The van der Waals surface area contributed by atoms with Crippen LogP contribution in [0.25, 0.3) is 11.3 Å². The molecule has 4 heterocycles. The molecule has 356 valence electrons. The largest absolute Gasteiger partial charge is 0.459 e. The predicted octanol–water partition coefficient (Wildman–Crippen LogP) is 5.11. The van der Waals surface area contributed by atoms with E-state index >= 15 is 0 Å². The Morgan fingerprint density at radius 1 is 1.00 bits per heavy atom. The van der Waals surface area contributed by atoms with Crippen LogP contribution in [0.2, 0.25) is 0 Å². The molecule has 18 nitrogen and oxygen atoms in total. The summed E-state index contributed by atoms with van der Waals surface area (Å²) >= 11 is 0. The summed E-state index contributed by atoms with van der Waals surface area (Å²) < 4.78 is 36.4. The standard InChI is InChI=1S/C46H69N5O13/c1-14-33(50-59-24-34-17-16-32(22-47-34)36-18-19-48-64-36)23-58-42-27(5)38(49-30(8)52)25(3)21-45(10,56)41(28(6)39(54)29(7)43(55)62-37(15-2)46(42,11)57)63-44-40(61-31(9)53)35(51(12)13)20-26(4)60-44/h16-19,22,25-29,35,37,40-42,44,56-57H,14-15,20-21,23-24H2,1-13H3/t25-,26-,27+,28+,29-,35+,37-,40-,41-,42-,44+,45-,46-/m1/s1. The molecule has 2 aromatic rings. The number of esters is 2. The minimum atomic E-state index is -1.92. The summed E-state index contributed by atoms with van der Waals surface area (Å²) in [5.41, 5.74) is -1.69. The number of oxime groups is 1. The minimum Gasteiger partial charge on any atom is -0.459 e. The summed E-state index contributed by atoms with van der Waals surface area (Å²) in [7, 11) is 3.68. The number of nitrogens with zero attached hydrogens (tertiary/aromatic N) is 5. The summed E-state index contributed by atoms with van der Waals surface area (Å²) in [6.45, 7) is 17.4. The van der Waals surface area contributed by atoms with Gasteiger partial charge in [-0.3, -0.25) is 24.2 Å². The lowest BCUT2D eigenvalue weighted by molar-refractivity contribution is -0.295. The molecule has 64 heavy (non-hydrogen) atoms. The molecule has 18 heteroatoms. The molecule has 0 unspecified atom stereocenters. The first kappa shape index (κ1) is 52.2.